The van der Waals surface area contributed by atoms with Gasteiger partial charge in [0.15, 0.2) is 0 Å². The zero-order valence-corrected chi connectivity index (χ0v) is 10.7. The molecule has 3 rings (SSSR count). The molecule has 0 fully saturated rings. The molecule has 21 heavy (non-hydrogen) atoms. The van der Waals surface area contributed by atoms with Gasteiger partial charge in [-0.25, -0.2) is 4.68 Å². The molecule has 0 spiro atoms. The summed E-state index contributed by atoms with van der Waals surface area (Å²) in [6.45, 7) is 0. The Hall–Kier alpha value is -3.29. The molecule has 0 radical (unpaired) electrons. The quantitative estimate of drug-likeness (QED) is 0.415. The van der Waals surface area contributed by atoms with Crippen molar-refractivity contribution in [2.75, 3.05) is 0 Å². The Balaban J connectivity index is 1.79. The van der Waals surface area contributed by atoms with E-state index in [1.807, 2.05) is 0 Å². The van der Waals surface area contributed by atoms with Crippen LogP contribution in [0.1, 0.15) is 5.76 Å². The van der Waals surface area contributed by atoms with Gasteiger partial charge in [-0.1, -0.05) is 0 Å². The van der Waals surface area contributed by atoms with Crippen LogP contribution < -0.4 is 0 Å². The maximum Gasteiger partial charge on any atom is 0.269 e. The highest BCUT2D eigenvalue weighted by Gasteiger charge is 2.07. The lowest BCUT2D eigenvalue weighted by molar-refractivity contribution is -0.384. The predicted octanol–water partition coefficient (Wildman–Crippen LogP) is 2.33. The number of hydrogen-bond acceptors (Lipinski definition) is 6. The number of nitrogens with zero attached hydrogens (tertiary/aromatic N) is 5. The third-order valence-corrected chi connectivity index (χ3v) is 2.71. The van der Waals surface area contributed by atoms with E-state index in [9.17, 15) is 10.1 Å². The number of non-ortho nitro benzene ring substituents is 1. The largest absolute Gasteiger partial charge is 0.455 e. The molecular weight excluding hydrogens is 274 g/mol. The highest BCUT2D eigenvalue weighted by Crippen LogP contribution is 2.23. The fourth-order valence-electron chi connectivity index (χ4n) is 1.70. The second kappa shape index (κ2) is 5.37. The number of benzene rings is 1. The van der Waals surface area contributed by atoms with Crippen molar-refractivity contribution in [2.45, 2.75) is 0 Å². The van der Waals surface area contributed by atoms with Gasteiger partial charge < -0.3 is 4.42 Å². The first kappa shape index (κ1) is 12.7. The monoisotopic (exact) mass is 283 g/mol. The van der Waals surface area contributed by atoms with Gasteiger partial charge in [0.05, 0.1) is 11.1 Å². The first-order valence-electron chi connectivity index (χ1n) is 5.96. The molecular formula is C13H9N5O3. The van der Waals surface area contributed by atoms with Crippen molar-refractivity contribution in [1.29, 1.82) is 0 Å². The van der Waals surface area contributed by atoms with E-state index in [1.165, 1.54) is 35.7 Å². The fourth-order valence-corrected chi connectivity index (χ4v) is 1.70. The molecule has 8 nitrogen and oxygen atoms in total. The number of nitro benzene ring substituents is 1. The van der Waals surface area contributed by atoms with E-state index >= 15 is 0 Å². The van der Waals surface area contributed by atoms with Crippen LogP contribution in [0, 0.1) is 10.1 Å². The standard InChI is InChI=1S/C13H9N5O3/c19-18(20)11-3-1-10(2-4-11)13-6-5-12(21-13)7-16-17-8-14-15-9-17/h1-9H. The molecule has 0 saturated heterocycles. The maximum atomic E-state index is 10.6. The van der Waals surface area contributed by atoms with E-state index in [0.29, 0.717) is 11.5 Å². The van der Waals surface area contributed by atoms with Crippen LogP contribution in [0.5, 0.6) is 0 Å². The third-order valence-electron chi connectivity index (χ3n) is 2.71. The van der Waals surface area contributed by atoms with E-state index in [2.05, 4.69) is 15.3 Å². The molecule has 0 aliphatic carbocycles. The second-order valence-corrected chi connectivity index (χ2v) is 4.09. The molecule has 0 atom stereocenters. The first-order chi connectivity index (χ1) is 10.2. The van der Waals surface area contributed by atoms with E-state index in [1.54, 1.807) is 24.3 Å². The Bertz CT molecular complexity index is 775. The SMILES string of the molecule is O=[N+]([O-])c1ccc(-c2ccc(C=Nn3cnnc3)o2)cc1. The molecule has 0 saturated carbocycles. The van der Waals surface area contributed by atoms with Gasteiger partial charge >= 0.3 is 0 Å². The summed E-state index contributed by atoms with van der Waals surface area (Å²) in [4.78, 5) is 10.2. The van der Waals surface area contributed by atoms with Gasteiger partial charge in [0.25, 0.3) is 5.69 Å². The summed E-state index contributed by atoms with van der Waals surface area (Å²) in [6, 6.07) is 9.67. The van der Waals surface area contributed by atoms with Crippen LogP contribution in [0.2, 0.25) is 0 Å². The van der Waals surface area contributed by atoms with Gasteiger partial charge in [-0.2, -0.15) is 5.10 Å². The van der Waals surface area contributed by atoms with Crippen LogP contribution in [0.15, 0.2) is 58.6 Å². The van der Waals surface area contributed by atoms with Crippen molar-refractivity contribution in [3.8, 4) is 11.3 Å². The van der Waals surface area contributed by atoms with Gasteiger partial charge in [-0.3, -0.25) is 10.1 Å². The molecule has 1 aromatic carbocycles. The molecule has 3 aromatic rings. The molecule has 0 N–H and O–H groups in total. The van der Waals surface area contributed by atoms with Crippen LogP contribution in [0.4, 0.5) is 5.69 Å². The number of hydrogen-bond donors (Lipinski definition) is 0. The average Bonchev–Trinajstić information content (AvgIpc) is 3.17. The normalized spacial score (nSPS) is 11.0. The van der Waals surface area contributed by atoms with Crippen LogP contribution in [0.3, 0.4) is 0 Å². The summed E-state index contributed by atoms with van der Waals surface area (Å²) in [5.41, 5.74) is 0.796. The number of aromatic nitrogens is 3. The molecule has 0 aliphatic rings. The Morgan fingerprint density at radius 2 is 1.86 bits per heavy atom. The van der Waals surface area contributed by atoms with E-state index in [0.717, 1.165) is 5.56 Å². The van der Waals surface area contributed by atoms with Crippen molar-refractivity contribution in [1.82, 2.24) is 14.9 Å². The second-order valence-electron chi connectivity index (χ2n) is 4.09. The minimum absolute atomic E-state index is 0.0414. The van der Waals surface area contributed by atoms with Crippen molar-refractivity contribution in [3.63, 3.8) is 0 Å². The summed E-state index contributed by atoms with van der Waals surface area (Å²) in [5.74, 6) is 1.16. The van der Waals surface area contributed by atoms with Gasteiger partial charge in [-0.15, -0.1) is 10.2 Å². The molecule has 0 aliphatic heterocycles. The van der Waals surface area contributed by atoms with Crippen LogP contribution >= 0.6 is 0 Å². The number of furan rings is 1. The van der Waals surface area contributed by atoms with Gasteiger partial charge in [0.2, 0.25) is 0 Å². The van der Waals surface area contributed by atoms with Crippen LogP contribution in [-0.4, -0.2) is 26.0 Å². The maximum absolute atomic E-state index is 10.6. The zero-order chi connectivity index (χ0) is 14.7. The Kier molecular flexibility index (Phi) is 3.26. The summed E-state index contributed by atoms with van der Waals surface area (Å²) in [7, 11) is 0. The van der Waals surface area contributed by atoms with Crippen molar-refractivity contribution >= 4 is 11.9 Å². The highest BCUT2D eigenvalue weighted by atomic mass is 16.6. The fraction of sp³-hybridized carbons (Fsp3) is 0. The van der Waals surface area contributed by atoms with Crippen molar-refractivity contribution in [2.24, 2.45) is 5.10 Å². The van der Waals surface area contributed by atoms with Crippen LogP contribution in [-0.2, 0) is 0 Å². The lowest BCUT2D eigenvalue weighted by atomic mass is 10.1. The van der Waals surface area contributed by atoms with Gasteiger partial charge in [-0.05, 0) is 24.3 Å². The first-order valence-corrected chi connectivity index (χ1v) is 5.96. The minimum atomic E-state index is -0.441. The predicted molar refractivity (Wildman–Crippen MR) is 73.8 cm³/mol. The summed E-state index contributed by atoms with van der Waals surface area (Å²) < 4.78 is 7.03. The molecule has 0 amide bonds. The number of nitro groups is 1. The Morgan fingerprint density at radius 1 is 1.14 bits per heavy atom. The molecule has 0 unspecified atom stereocenters. The average molecular weight is 283 g/mol. The summed E-state index contributed by atoms with van der Waals surface area (Å²) >= 11 is 0. The molecule has 8 heteroatoms. The number of rotatable bonds is 4. The molecule has 104 valence electrons. The van der Waals surface area contributed by atoms with Crippen LogP contribution in [0.25, 0.3) is 11.3 Å². The molecule has 0 bridgehead atoms. The topological polar surface area (TPSA) is 99.3 Å². The minimum Gasteiger partial charge on any atom is -0.455 e. The van der Waals surface area contributed by atoms with E-state index < -0.39 is 4.92 Å². The third kappa shape index (κ3) is 2.84. The Morgan fingerprint density at radius 3 is 2.52 bits per heavy atom. The van der Waals surface area contributed by atoms with Crippen molar-refractivity contribution in [3.05, 3.63) is 64.9 Å². The smallest absolute Gasteiger partial charge is 0.269 e. The van der Waals surface area contributed by atoms with Gasteiger partial charge in [0.1, 0.15) is 24.2 Å². The lowest BCUT2D eigenvalue weighted by Crippen LogP contribution is -1.86. The zero-order valence-electron chi connectivity index (χ0n) is 10.7. The Labute approximate surface area is 118 Å². The highest BCUT2D eigenvalue weighted by molar-refractivity contribution is 5.77. The van der Waals surface area contributed by atoms with Crippen molar-refractivity contribution < 1.29 is 9.34 Å². The van der Waals surface area contributed by atoms with Gasteiger partial charge in [0, 0.05) is 17.7 Å². The molecule has 2 aromatic heterocycles. The van der Waals surface area contributed by atoms with E-state index in [4.69, 9.17) is 4.42 Å². The summed E-state index contributed by atoms with van der Waals surface area (Å²) in [5, 5.41) is 21.9. The van der Waals surface area contributed by atoms with E-state index in [-0.39, 0.29) is 5.69 Å². The summed E-state index contributed by atoms with van der Waals surface area (Å²) in [6.07, 6.45) is 4.44. The molecule has 2 heterocycles. The lowest BCUT2D eigenvalue weighted by Gasteiger charge is -1.96.